The monoisotopic (exact) mass is 407 g/mol. The van der Waals surface area contributed by atoms with E-state index >= 15 is 0 Å². The second-order valence-corrected chi connectivity index (χ2v) is 8.31. The van der Waals surface area contributed by atoms with Crippen molar-refractivity contribution in [1.82, 2.24) is 4.31 Å². The van der Waals surface area contributed by atoms with Crippen LogP contribution in [-0.4, -0.2) is 45.0 Å². The molecule has 28 heavy (non-hydrogen) atoms. The van der Waals surface area contributed by atoms with Crippen molar-refractivity contribution in [2.45, 2.75) is 24.2 Å². The minimum atomic E-state index is -3.75. The van der Waals surface area contributed by atoms with Gasteiger partial charge >= 0.3 is 5.97 Å². The first kappa shape index (κ1) is 20.3. The highest BCUT2D eigenvalue weighted by Crippen LogP contribution is 2.24. The quantitative estimate of drug-likeness (QED) is 0.520. The van der Waals surface area contributed by atoms with E-state index in [1.807, 2.05) is 0 Å². The van der Waals surface area contributed by atoms with E-state index in [1.165, 1.54) is 40.7 Å². The molecule has 0 amide bonds. The number of sulfonamides is 1. The Balaban J connectivity index is 1.63. The van der Waals surface area contributed by atoms with Gasteiger partial charge in [-0.15, -0.1) is 0 Å². The summed E-state index contributed by atoms with van der Waals surface area (Å²) in [6, 6.07) is 11.5. The van der Waals surface area contributed by atoms with Gasteiger partial charge in [-0.2, -0.15) is 4.31 Å². The number of nitrogens with zero attached hydrogens (tertiary/aromatic N) is 1. The molecule has 0 N–H and O–H groups in total. The smallest absolute Gasteiger partial charge is 0.339 e. The number of piperidine rings is 1. The van der Waals surface area contributed by atoms with Crippen molar-refractivity contribution in [3.05, 3.63) is 59.9 Å². The summed E-state index contributed by atoms with van der Waals surface area (Å²) >= 11 is 0. The summed E-state index contributed by atoms with van der Waals surface area (Å²) < 4.78 is 50.7. The van der Waals surface area contributed by atoms with Crippen LogP contribution in [0, 0.1) is 5.82 Å². The van der Waals surface area contributed by atoms with Gasteiger partial charge in [0.1, 0.15) is 24.8 Å². The van der Waals surface area contributed by atoms with Gasteiger partial charge < -0.3 is 9.47 Å². The maximum atomic E-state index is 12.9. The van der Waals surface area contributed by atoms with Crippen molar-refractivity contribution >= 4 is 16.0 Å². The van der Waals surface area contributed by atoms with E-state index in [-0.39, 0.29) is 29.5 Å². The molecule has 1 saturated heterocycles. The molecule has 0 aliphatic carbocycles. The third kappa shape index (κ3) is 4.88. The molecule has 0 bridgehead atoms. The number of halogens is 1. The maximum Gasteiger partial charge on any atom is 0.339 e. The van der Waals surface area contributed by atoms with Crippen molar-refractivity contribution in [2.24, 2.45) is 0 Å². The molecule has 150 valence electrons. The molecule has 0 saturated carbocycles. The average Bonchev–Trinajstić information content (AvgIpc) is 2.73. The Morgan fingerprint density at radius 2 is 1.64 bits per heavy atom. The summed E-state index contributed by atoms with van der Waals surface area (Å²) in [7, 11) is -3.75. The van der Waals surface area contributed by atoms with Crippen molar-refractivity contribution in [3.63, 3.8) is 0 Å². The molecule has 1 fully saturated rings. The molecule has 1 aliphatic heterocycles. The lowest BCUT2D eigenvalue weighted by Crippen LogP contribution is -2.36. The Hall–Kier alpha value is -2.45. The number of ether oxygens (including phenoxy) is 2. The molecule has 8 heteroatoms. The molecule has 6 nitrogen and oxygen atoms in total. The summed E-state index contributed by atoms with van der Waals surface area (Å²) in [4.78, 5) is 12.4. The zero-order valence-corrected chi connectivity index (χ0v) is 16.2. The molecular weight excluding hydrogens is 385 g/mol. The number of hydrogen-bond acceptors (Lipinski definition) is 5. The number of hydrogen-bond donors (Lipinski definition) is 0. The second-order valence-electron chi connectivity index (χ2n) is 6.40. The van der Waals surface area contributed by atoms with E-state index in [4.69, 9.17) is 9.47 Å². The van der Waals surface area contributed by atoms with E-state index < -0.39 is 16.0 Å². The summed E-state index contributed by atoms with van der Waals surface area (Å²) in [6.45, 7) is 0.918. The predicted molar refractivity (Wildman–Crippen MR) is 101 cm³/mol. The largest absolute Gasteiger partial charge is 0.490 e. The molecule has 0 atom stereocenters. The number of benzene rings is 2. The van der Waals surface area contributed by atoms with Crippen molar-refractivity contribution in [2.75, 3.05) is 26.3 Å². The Bertz CT molecular complexity index is 908. The van der Waals surface area contributed by atoms with Crippen LogP contribution < -0.4 is 4.74 Å². The van der Waals surface area contributed by atoms with Crippen LogP contribution >= 0.6 is 0 Å². The highest BCUT2D eigenvalue weighted by atomic mass is 32.2. The van der Waals surface area contributed by atoms with Crippen molar-refractivity contribution < 1.29 is 27.1 Å². The zero-order chi connectivity index (χ0) is 20.0. The lowest BCUT2D eigenvalue weighted by molar-refractivity contribution is 0.0445. The normalized spacial score (nSPS) is 15.2. The third-order valence-electron chi connectivity index (χ3n) is 4.44. The van der Waals surface area contributed by atoms with Gasteiger partial charge in [-0.25, -0.2) is 17.6 Å². The minimum Gasteiger partial charge on any atom is -0.490 e. The van der Waals surface area contributed by atoms with E-state index in [1.54, 1.807) is 12.1 Å². The van der Waals surface area contributed by atoms with Gasteiger partial charge in [0.2, 0.25) is 10.0 Å². The highest BCUT2D eigenvalue weighted by molar-refractivity contribution is 7.89. The van der Waals surface area contributed by atoms with E-state index in [0.717, 1.165) is 19.3 Å². The molecule has 1 heterocycles. The van der Waals surface area contributed by atoms with E-state index in [9.17, 15) is 17.6 Å². The maximum absolute atomic E-state index is 12.9. The number of esters is 1. The molecule has 2 aromatic rings. The number of carbonyl (C=O) groups is 1. The van der Waals surface area contributed by atoms with Gasteiger partial charge in [0.05, 0.1) is 10.5 Å². The van der Waals surface area contributed by atoms with E-state index in [0.29, 0.717) is 18.8 Å². The third-order valence-corrected chi connectivity index (χ3v) is 6.40. The molecule has 2 aromatic carbocycles. The molecule has 0 spiro atoms. The Labute approximate surface area is 163 Å². The lowest BCUT2D eigenvalue weighted by Gasteiger charge is -2.26. The second kappa shape index (κ2) is 9.16. The van der Waals surface area contributed by atoms with E-state index in [2.05, 4.69) is 0 Å². The standard InChI is InChI=1S/C20H22FNO5S/c21-16-8-10-17(11-9-16)26-14-15-27-20(23)18-6-2-3-7-19(18)28(24,25)22-12-4-1-5-13-22/h2-3,6-11H,1,4-5,12-15H2. The molecule has 3 rings (SSSR count). The Morgan fingerprint density at radius 3 is 2.36 bits per heavy atom. The van der Waals surface area contributed by atoms with Crippen LogP contribution in [0.1, 0.15) is 29.6 Å². The molecule has 1 aliphatic rings. The first-order valence-corrected chi connectivity index (χ1v) is 10.6. The van der Waals surface area contributed by atoms with Crippen LogP contribution in [0.25, 0.3) is 0 Å². The van der Waals surface area contributed by atoms with Crippen LogP contribution in [0.4, 0.5) is 4.39 Å². The van der Waals surface area contributed by atoms with Crippen LogP contribution in [-0.2, 0) is 14.8 Å². The molecule has 0 aromatic heterocycles. The topological polar surface area (TPSA) is 72.9 Å². The van der Waals surface area contributed by atoms with Crippen LogP contribution in [0.2, 0.25) is 0 Å². The van der Waals surface area contributed by atoms with Crippen LogP contribution in [0.3, 0.4) is 0 Å². The molecular formula is C20H22FNO5S. The zero-order valence-electron chi connectivity index (χ0n) is 15.3. The lowest BCUT2D eigenvalue weighted by atomic mass is 10.2. The van der Waals surface area contributed by atoms with Gasteiger partial charge in [0.25, 0.3) is 0 Å². The van der Waals surface area contributed by atoms with Gasteiger partial charge in [0, 0.05) is 13.1 Å². The highest BCUT2D eigenvalue weighted by Gasteiger charge is 2.30. The van der Waals surface area contributed by atoms with Crippen molar-refractivity contribution in [3.8, 4) is 5.75 Å². The fourth-order valence-electron chi connectivity index (χ4n) is 3.01. The molecule has 0 radical (unpaired) electrons. The van der Waals surface area contributed by atoms with Gasteiger partial charge in [-0.1, -0.05) is 18.6 Å². The fraction of sp³-hybridized carbons (Fsp3) is 0.350. The Morgan fingerprint density at radius 1 is 0.964 bits per heavy atom. The summed E-state index contributed by atoms with van der Waals surface area (Å²) in [5, 5.41) is 0. The SMILES string of the molecule is O=C(OCCOc1ccc(F)cc1)c1ccccc1S(=O)(=O)N1CCCCC1. The van der Waals surface area contributed by atoms with Crippen LogP contribution in [0.15, 0.2) is 53.4 Å². The number of carbonyl (C=O) groups excluding carboxylic acids is 1. The van der Waals surface area contributed by atoms with Gasteiger partial charge in [-0.3, -0.25) is 0 Å². The first-order valence-electron chi connectivity index (χ1n) is 9.13. The fourth-order valence-corrected chi connectivity index (χ4v) is 4.70. The minimum absolute atomic E-state index is 0.00913. The van der Waals surface area contributed by atoms with Gasteiger partial charge in [-0.05, 0) is 49.2 Å². The molecule has 0 unspecified atom stereocenters. The van der Waals surface area contributed by atoms with Gasteiger partial charge in [0.15, 0.2) is 0 Å². The Kier molecular flexibility index (Phi) is 6.64. The summed E-state index contributed by atoms with van der Waals surface area (Å²) in [6.07, 6.45) is 2.63. The first-order chi connectivity index (χ1) is 13.5. The van der Waals surface area contributed by atoms with Crippen molar-refractivity contribution in [1.29, 1.82) is 0 Å². The predicted octanol–water partition coefficient (Wildman–Crippen LogP) is 3.24. The average molecular weight is 407 g/mol. The number of rotatable bonds is 7. The summed E-state index contributed by atoms with van der Waals surface area (Å²) in [5.74, 6) is -0.644. The summed E-state index contributed by atoms with van der Waals surface area (Å²) in [5.41, 5.74) is 0.00913. The van der Waals surface area contributed by atoms with Crippen LogP contribution in [0.5, 0.6) is 5.75 Å².